The third-order valence-electron chi connectivity index (χ3n) is 4.17. The number of benzene rings is 2. The molecule has 0 aliphatic rings. The molecule has 0 fully saturated rings. The second-order valence-electron chi connectivity index (χ2n) is 6.34. The molecule has 0 unspecified atom stereocenters. The van der Waals surface area contributed by atoms with Crippen molar-refractivity contribution in [3.8, 4) is 0 Å². The van der Waals surface area contributed by atoms with Gasteiger partial charge in [-0.2, -0.15) is 0 Å². The summed E-state index contributed by atoms with van der Waals surface area (Å²) in [5, 5.41) is 7.90. The van der Waals surface area contributed by atoms with Crippen molar-refractivity contribution < 1.29 is 14.4 Å². The van der Waals surface area contributed by atoms with E-state index < -0.39 is 23.9 Å². The van der Waals surface area contributed by atoms with E-state index in [0.29, 0.717) is 6.42 Å². The van der Waals surface area contributed by atoms with Gasteiger partial charge in [-0.05, 0) is 31.5 Å². The van der Waals surface area contributed by atoms with Gasteiger partial charge >= 0.3 is 0 Å². The van der Waals surface area contributed by atoms with Crippen LogP contribution >= 0.6 is 0 Å². The number of hydrogen-bond acceptors (Lipinski definition) is 4. The summed E-state index contributed by atoms with van der Waals surface area (Å²) in [6.45, 7) is 1.55. The summed E-state index contributed by atoms with van der Waals surface area (Å²) >= 11 is 0. The zero-order chi connectivity index (χ0) is 19.6. The fraction of sp³-hybridized carbons (Fsp3) is 0.286. The SMILES string of the molecule is CN[C@@H](Cc1ccccc1)C(=O)NC(=O)[C@H](C)NC(=O)Cc1ccccc1. The largest absolute Gasteiger partial charge is 0.344 e. The highest BCUT2D eigenvalue weighted by atomic mass is 16.2. The fourth-order valence-electron chi connectivity index (χ4n) is 2.63. The summed E-state index contributed by atoms with van der Waals surface area (Å²) in [5.41, 5.74) is 1.85. The highest BCUT2D eigenvalue weighted by Crippen LogP contribution is 2.03. The summed E-state index contributed by atoms with van der Waals surface area (Å²) in [5.74, 6) is -1.23. The second-order valence-corrected chi connectivity index (χ2v) is 6.34. The minimum atomic E-state index is -0.806. The van der Waals surface area contributed by atoms with E-state index in [4.69, 9.17) is 0 Å². The molecule has 0 aliphatic carbocycles. The Balaban J connectivity index is 1.84. The molecule has 0 aromatic heterocycles. The van der Waals surface area contributed by atoms with Crippen molar-refractivity contribution in [1.82, 2.24) is 16.0 Å². The van der Waals surface area contributed by atoms with E-state index in [9.17, 15) is 14.4 Å². The van der Waals surface area contributed by atoms with Gasteiger partial charge in [0.25, 0.3) is 0 Å². The van der Waals surface area contributed by atoms with E-state index in [0.717, 1.165) is 11.1 Å². The first-order chi connectivity index (χ1) is 13.0. The number of carbonyl (C=O) groups is 3. The monoisotopic (exact) mass is 367 g/mol. The van der Waals surface area contributed by atoms with Crippen LogP contribution < -0.4 is 16.0 Å². The lowest BCUT2D eigenvalue weighted by atomic mass is 10.1. The fourth-order valence-corrected chi connectivity index (χ4v) is 2.63. The number of nitrogens with one attached hydrogen (secondary N) is 3. The number of likely N-dealkylation sites (N-methyl/N-ethyl adjacent to an activating group) is 1. The lowest BCUT2D eigenvalue weighted by Crippen LogP contribution is -2.52. The van der Waals surface area contributed by atoms with Gasteiger partial charge in [0.2, 0.25) is 17.7 Å². The maximum Gasteiger partial charge on any atom is 0.248 e. The Morgan fingerprint density at radius 3 is 1.96 bits per heavy atom. The standard InChI is InChI=1S/C21H25N3O3/c1-15(23-19(25)14-17-11-7-4-8-12-17)20(26)24-21(27)18(22-2)13-16-9-5-3-6-10-16/h3-12,15,18,22H,13-14H2,1-2H3,(H,23,25)(H,24,26,27)/t15-,18-/m0/s1. The van der Waals surface area contributed by atoms with E-state index >= 15 is 0 Å². The molecule has 6 heteroatoms. The van der Waals surface area contributed by atoms with Crippen molar-refractivity contribution in [2.75, 3.05) is 7.05 Å². The van der Waals surface area contributed by atoms with Crippen LogP contribution in [0.2, 0.25) is 0 Å². The first-order valence-corrected chi connectivity index (χ1v) is 8.88. The molecule has 0 radical (unpaired) electrons. The molecule has 6 nitrogen and oxygen atoms in total. The molecule has 142 valence electrons. The molecule has 0 spiro atoms. The van der Waals surface area contributed by atoms with Gasteiger partial charge in [-0.15, -0.1) is 0 Å². The smallest absolute Gasteiger partial charge is 0.248 e. The van der Waals surface area contributed by atoms with Gasteiger partial charge in [-0.25, -0.2) is 0 Å². The quantitative estimate of drug-likeness (QED) is 0.654. The van der Waals surface area contributed by atoms with Gasteiger partial charge < -0.3 is 10.6 Å². The van der Waals surface area contributed by atoms with E-state index in [1.54, 1.807) is 14.0 Å². The third-order valence-corrected chi connectivity index (χ3v) is 4.17. The van der Waals surface area contributed by atoms with Gasteiger partial charge in [0.15, 0.2) is 0 Å². The molecular formula is C21H25N3O3. The van der Waals surface area contributed by atoms with Crippen LogP contribution in [-0.2, 0) is 27.2 Å². The van der Waals surface area contributed by atoms with Crippen LogP contribution in [0.5, 0.6) is 0 Å². The third kappa shape index (κ3) is 6.67. The number of imide groups is 1. The number of rotatable bonds is 8. The zero-order valence-corrected chi connectivity index (χ0v) is 15.6. The Hall–Kier alpha value is -2.99. The number of carbonyl (C=O) groups excluding carboxylic acids is 3. The molecule has 0 bridgehead atoms. The van der Waals surface area contributed by atoms with Gasteiger partial charge in [0, 0.05) is 0 Å². The minimum absolute atomic E-state index is 0.180. The zero-order valence-electron chi connectivity index (χ0n) is 15.6. The average molecular weight is 367 g/mol. The highest BCUT2D eigenvalue weighted by molar-refractivity contribution is 6.01. The van der Waals surface area contributed by atoms with Gasteiger partial charge in [0.05, 0.1) is 12.5 Å². The van der Waals surface area contributed by atoms with Crippen LogP contribution in [-0.4, -0.2) is 36.9 Å². The summed E-state index contributed by atoms with van der Waals surface area (Å²) in [4.78, 5) is 36.7. The van der Waals surface area contributed by atoms with Crippen molar-refractivity contribution in [3.63, 3.8) is 0 Å². The molecule has 27 heavy (non-hydrogen) atoms. The minimum Gasteiger partial charge on any atom is -0.344 e. The summed E-state index contributed by atoms with van der Waals surface area (Å²) in [7, 11) is 1.67. The number of hydrogen-bond donors (Lipinski definition) is 3. The lowest BCUT2D eigenvalue weighted by molar-refractivity contribution is -0.134. The predicted molar refractivity (Wildman–Crippen MR) is 104 cm³/mol. The molecule has 0 heterocycles. The molecule has 0 saturated carbocycles. The van der Waals surface area contributed by atoms with Crippen molar-refractivity contribution in [3.05, 3.63) is 71.8 Å². The molecule has 3 N–H and O–H groups in total. The van der Waals surface area contributed by atoms with Crippen LogP contribution in [0, 0.1) is 0 Å². The average Bonchev–Trinajstić information content (AvgIpc) is 2.67. The van der Waals surface area contributed by atoms with E-state index in [1.165, 1.54) is 0 Å². The van der Waals surface area contributed by atoms with Crippen LogP contribution in [0.1, 0.15) is 18.1 Å². The Labute approximate surface area is 159 Å². The normalized spacial score (nSPS) is 12.7. The van der Waals surface area contributed by atoms with E-state index in [-0.39, 0.29) is 12.3 Å². The molecule has 3 amide bonds. The topological polar surface area (TPSA) is 87.3 Å². The molecule has 0 saturated heterocycles. The Morgan fingerprint density at radius 1 is 0.852 bits per heavy atom. The molecule has 2 rings (SSSR count). The summed E-state index contributed by atoms with van der Waals surface area (Å²) < 4.78 is 0. The number of amides is 3. The molecule has 2 atom stereocenters. The van der Waals surface area contributed by atoms with Crippen molar-refractivity contribution in [2.45, 2.75) is 31.8 Å². The molecule has 2 aromatic carbocycles. The summed E-state index contributed by atoms with van der Waals surface area (Å²) in [6.07, 6.45) is 0.644. The van der Waals surface area contributed by atoms with Crippen LogP contribution in [0.15, 0.2) is 60.7 Å². The first kappa shape index (κ1) is 20.3. The Bertz CT molecular complexity index is 763. The van der Waals surface area contributed by atoms with Crippen molar-refractivity contribution in [1.29, 1.82) is 0 Å². The first-order valence-electron chi connectivity index (χ1n) is 8.88. The summed E-state index contributed by atoms with van der Waals surface area (Å²) in [6, 6.07) is 17.5. The van der Waals surface area contributed by atoms with E-state index in [1.807, 2.05) is 60.7 Å². The van der Waals surface area contributed by atoms with Crippen LogP contribution in [0.3, 0.4) is 0 Å². The second kappa shape index (κ2) is 10.2. The Morgan fingerprint density at radius 2 is 1.41 bits per heavy atom. The lowest BCUT2D eigenvalue weighted by Gasteiger charge is -2.18. The van der Waals surface area contributed by atoms with Crippen LogP contribution in [0.4, 0.5) is 0 Å². The predicted octanol–water partition coefficient (Wildman–Crippen LogP) is 1.21. The maximum absolute atomic E-state index is 12.4. The van der Waals surface area contributed by atoms with Crippen molar-refractivity contribution in [2.24, 2.45) is 0 Å². The molecule has 0 aliphatic heterocycles. The maximum atomic E-state index is 12.4. The molecule has 2 aromatic rings. The van der Waals surface area contributed by atoms with Crippen molar-refractivity contribution >= 4 is 17.7 Å². The van der Waals surface area contributed by atoms with E-state index in [2.05, 4.69) is 16.0 Å². The van der Waals surface area contributed by atoms with Gasteiger partial charge in [0.1, 0.15) is 6.04 Å². The highest BCUT2D eigenvalue weighted by Gasteiger charge is 2.23. The van der Waals surface area contributed by atoms with Gasteiger partial charge in [-0.1, -0.05) is 60.7 Å². The molecular weight excluding hydrogens is 342 g/mol. The van der Waals surface area contributed by atoms with Gasteiger partial charge in [-0.3, -0.25) is 19.7 Å². The Kier molecular flexibility index (Phi) is 7.70. The van der Waals surface area contributed by atoms with Crippen LogP contribution in [0.25, 0.3) is 0 Å².